The van der Waals surface area contributed by atoms with Gasteiger partial charge in [-0.2, -0.15) is 4.72 Å². The standard InChI is InChI=1S/C15H24N2O4S/c1-10-6-7-11(15(2,3)4)8-13(10)22(20,21)17-12(9-18)14(19)16-5/h6-8,12,17-18H,9H2,1-5H3,(H,16,19)/t12-/m1/s1. The number of sulfonamides is 1. The van der Waals surface area contributed by atoms with Crippen molar-refractivity contribution in [1.82, 2.24) is 10.0 Å². The second-order valence-corrected chi connectivity index (χ2v) is 7.88. The minimum Gasteiger partial charge on any atom is -0.394 e. The smallest absolute Gasteiger partial charge is 0.241 e. The average Bonchev–Trinajstić information content (AvgIpc) is 2.42. The van der Waals surface area contributed by atoms with Crippen LogP contribution in [-0.4, -0.2) is 39.1 Å². The molecule has 1 rings (SSSR count). The number of hydrogen-bond acceptors (Lipinski definition) is 4. The highest BCUT2D eigenvalue weighted by Crippen LogP contribution is 2.26. The molecule has 0 aliphatic carbocycles. The van der Waals surface area contributed by atoms with Crippen LogP contribution in [0.15, 0.2) is 23.1 Å². The molecule has 0 unspecified atom stereocenters. The van der Waals surface area contributed by atoms with E-state index in [-0.39, 0.29) is 10.3 Å². The normalized spacial score (nSPS) is 13.7. The number of nitrogens with one attached hydrogen (secondary N) is 2. The van der Waals surface area contributed by atoms with Gasteiger partial charge in [-0.15, -0.1) is 0 Å². The van der Waals surface area contributed by atoms with Gasteiger partial charge in [0, 0.05) is 7.05 Å². The third-order valence-electron chi connectivity index (χ3n) is 3.39. The van der Waals surface area contributed by atoms with E-state index in [1.807, 2.05) is 26.8 Å². The Morgan fingerprint density at radius 3 is 2.36 bits per heavy atom. The van der Waals surface area contributed by atoms with Crippen molar-refractivity contribution < 1.29 is 18.3 Å². The molecule has 1 aromatic rings. The number of carbonyl (C=O) groups is 1. The van der Waals surface area contributed by atoms with Gasteiger partial charge in [-0.1, -0.05) is 32.9 Å². The first-order valence-corrected chi connectivity index (χ1v) is 8.47. The highest BCUT2D eigenvalue weighted by atomic mass is 32.2. The summed E-state index contributed by atoms with van der Waals surface area (Å²) in [6.45, 7) is 7.04. The molecule has 0 fully saturated rings. The van der Waals surface area contributed by atoms with Crippen LogP contribution < -0.4 is 10.0 Å². The molecule has 0 saturated heterocycles. The van der Waals surface area contributed by atoms with E-state index in [2.05, 4.69) is 10.0 Å². The van der Waals surface area contributed by atoms with Gasteiger partial charge in [0.15, 0.2) is 0 Å². The van der Waals surface area contributed by atoms with Crippen LogP contribution in [-0.2, 0) is 20.2 Å². The van der Waals surface area contributed by atoms with Gasteiger partial charge in [0.25, 0.3) is 0 Å². The zero-order chi connectivity index (χ0) is 17.1. The number of rotatable bonds is 5. The summed E-state index contributed by atoms with van der Waals surface area (Å²) in [5.41, 5.74) is 1.25. The van der Waals surface area contributed by atoms with Crippen molar-refractivity contribution in [2.45, 2.75) is 44.0 Å². The molecule has 0 spiro atoms. The van der Waals surface area contributed by atoms with Crippen molar-refractivity contribution in [2.24, 2.45) is 0 Å². The molecule has 3 N–H and O–H groups in total. The van der Waals surface area contributed by atoms with Crippen LogP contribution in [0.4, 0.5) is 0 Å². The minimum absolute atomic E-state index is 0.113. The Kier molecular flexibility index (Phi) is 5.72. The van der Waals surface area contributed by atoms with Crippen molar-refractivity contribution in [3.63, 3.8) is 0 Å². The lowest BCUT2D eigenvalue weighted by Crippen LogP contribution is -2.47. The van der Waals surface area contributed by atoms with Crippen molar-refractivity contribution in [3.05, 3.63) is 29.3 Å². The Morgan fingerprint density at radius 1 is 1.32 bits per heavy atom. The summed E-state index contributed by atoms with van der Waals surface area (Å²) in [5, 5.41) is 11.5. The number of hydrogen-bond donors (Lipinski definition) is 3. The predicted octanol–water partition coefficient (Wildman–Crippen LogP) is 0.678. The molecular formula is C15H24N2O4S. The Morgan fingerprint density at radius 2 is 1.91 bits per heavy atom. The van der Waals surface area contributed by atoms with E-state index < -0.39 is 28.6 Å². The Hall–Kier alpha value is -1.44. The maximum absolute atomic E-state index is 12.5. The Balaban J connectivity index is 3.25. The van der Waals surface area contributed by atoms with Crippen LogP contribution in [0, 0.1) is 6.92 Å². The summed E-state index contributed by atoms with van der Waals surface area (Å²) in [6.07, 6.45) is 0. The van der Waals surface area contributed by atoms with E-state index in [1.54, 1.807) is 19.1 Å². The molecule has 1 aromatic carbocycles. The maximum Gasteiger partial charge on any atom is 0.241 e. The van der Waals surface area contributed by atoms with Crippen LogP contribution >= 0.6 is 0 Å². The number of amides is 1. The minimum atomic E-state index is -3.91. The largest absolute Gasteiger partial charge is 0.394 e. The zero-order valence-electron chi connectivity index (χ0n) is 13.6. The third-order valence-corrected chi connectivity index (χ3v) is 5.00. The molecule has 22 heavy (non-hydrogen) atoms. The van der Waals surface area contributed by atoms with Crippen molar-refractivity contribution >= 4 is 15.9 Å². The molecule has 1 amide bonds. The van der Waals surface area contributed by atoms with Gasteiger partial charge in [-0.3, -0.25) is 4.79 Å². The summed E-state index contributed by atoms with van der Waals surface area (Å²) in [6, 6.07) is 4.02. The molecule has 7 heteroatoms. The monoisotopic (exact) mass is 328 g/mol. The number of aryl methyl sites for hydroxylation is 1. The Bertz CT molecular complexity index is 648. The first-order valence-electron chi connectivity index (χ1n) is 6.99. The van der Waals surface area contributed by atoms with Crippen molar-refractivity contribution in [2.75, 3.05) is 13.7 Å². The lowest BCUT2D eigenvalue weighted by Gasteiger charge is -2.21. The molecule has 0 bridgehead atoms. The number of aliphatic hydroxyl groups is 1. The number of aliphatic hydroxyl groups excluding tert-OH is 1. The molecule has 0 radical (unpaired) electrons. The van der Waals surface area contributed by atoms with Gasteiger partial charge >= 0.3 is 0 Å². The van der Waals surface area contributed by atoms with E-state index >= 15 is 0 Å². The number of carbonyl (C=O) groups excluding carboxylic acids is 1. The van der Waals surface area contributed by atoms with E-state index in [1.165, 1.54) is 7.05 Å². The molecule has 0 aliphatic heterocycles. The molecule has 0 heterocycles. The highest BCUT2D eigenvalue weighted by molar-refractivity contribution is 7.89. The summed E-state index contributed by atoms with van der Waals surface area (Å²) in [5.74, 6) is -0.587. The molecular weight excluding hydrogens is 304 g/mol. The molecule has 1 atom stereocenters. The van der Waals surface area contributed by atoms with Gasteiger partial charge in [-0.05, 0) is 29.5 Å². The van der Waals surface area contributed by atoms with E-state index in [0.29, 0.717) is 5.56 Å². The SMILES string of the molecule is CNC(=O)[C@@H](CO)NS(=O)(=O)c1cc(C(C)(C)C)ccc1C. The lowest BCUT2D eigenvalue weighted by molar-refractivity contribution is -0.123. The van der Waals surface area contributed by atoms with Crippen LogP contribution in [0.1, 0.15) is 31.9 Å². The fourth-order valence-electron chi connectivity index (χ4n) is 1.95. The summed E-state index contributed by atoms with van der Waals surface area (Å²) in [4.78, 5) is 11.7. The highest BCUT2D eigenvalue weighted by Gasteiger charge is 2.27. The molecule has 124 valence electrons. The van der Waals surface area contributed by atoms with Gasteiger partial charge < -0.3 is 10.4 Å². The Labute approximate surface area is 132 Å². The van der Waals surface area contributed by atoms with Crippen molar-refractivity contribution in [1.29, 1.82) is 0 Å². The topological polar surface area (TPSA) is 95.5 Å². The second kappa shape index (κ2) is 6.76. The zero-order valence-corrected chi connectivity index (χ0v) is 14.4. The number of likely N-dealkylation sites (N-methyl/N-ethyl adjacent to an activating group) is 1. The predicted molar refractivity (Wildman–Crippen MR) is 85.1 cm³/mol. The fourth-order valence-corrected chi connectivity index (χ4v) is 3.41. The fraction of sp³-hybridized carbons (Fsp3) is 0.533. The second-order valence-electron chi connectivity index (χ2n) is 6.20. The quantitative estimate of drug-likeness (QED) is 0.740. The lowest BCUT2D eigenvalue weighted by atomic mass is 9.87. The van der Waals surface area contributed by atoms with Crippen molar-refractivity contribution in [3.8, 4) is 0 Å². The molecule has 0 aliphatic rings. The average molecular weight is 328 g/mol. The van der Waals surface area contributed by atoms with E-state index in [4.69, 9.17) is 0 Å². The summed E-state index contributed by atoms with van der Waals surface area (Å²) < 4.78 is 27.3. The van der Waals surface area contributed by atoms with E-state index in [0.717, 1.165) is 5.56 Å². The van der Waals surface area contributed by atoms with Gasteiger partial charge in [-0.25, -0.2) is 8.42 Å². The van der Waals surface area contributed by atoms with E-state index in [9.17, 15) is 18.3 Å². The van der Waals surface area contributed by atoms with Crippen LogP contribution in [0.5, 0.6) is 0 Å². The van der Waals surface area contributed by atoms with Gasteiger partial charge in [0.05, 0.1) is 11.5 Å². The first-order chi connectivity index (χ1) is 10.0. The summed E-state index contributed by atoms with van der Waals surface area (Å²) >= 11 is 0. The van der Waals surface area contributed by atoms with Crippen LogP contribution in [0.3, 0.4) is 0 Å². The molecule has 6 nitrogen and oxygen atoms in total. The summed E-state index contributed by atoms with van der Waals surface area (Å²) in [7, 11) is -2.53. The first kappa shape index (κ1) is 18.6. The maximum atomic E-state index is 12.5. The molecule has 0 aromatic heterocycles. The van der Waals surface area contributed by atoms with Gasteiger partial charge in [0.2, 0.25) is 15.9 Å². The number of benzene rings is 1. The third kappa shape index (κ3) is 4.28. The van der Waals surface area contributed by atoms with Crippen LogP contribution in [0.2, 0.25) is 0 Å². The van der Waals surface area contributed by atoms with Gasteiger partial charge in [0.1, 0.15) is 6.04 Å². The van der Waals surface area contributed by atoms with Crippen LogP contribution in [0.25, 0.3) is 0 Å². The molecule has 0 saturated carbocycles.